The molecule has 2 unspecified atom stereocenters. The molecule has 3 heteroatoms. The summed E-state index contributed by atoms with van der Waals surface area (Å²) in [6, 6.07) is 2.95. The normalized spacial score (nSPS) is 15.2. The summed E-state index contributed by atoms with van der Waals surface area (Å²) in [5.74, 6) is -1.71. The van der Waals surface area contributed by atoms with E-state index >= 15 is 0 Å². The fourth-order valence-corrected chi connectivity index (χ4v) is 1.54. The highest BCUT2D eigenvalue weighted by Gasteiger charge is 2.24. The van der Waals surface area contributed by atoms with Crippen LogP contribution in [0.4, 0.5) is 8.78 Å². The van der Waals surface area contributed by atoms with E-state index < -0.39 is 17.7 Å². The molecule has 1 rings (SSSR count). The molecule has 0 aliphatic carbocycles. The zero-order chi connectivity index (χ0) is 12.5. The summed E-state index contributed by atoms with van der Waals surface area (Å²) in [6.45, 7) is 7.21. The number of benzene rings is 1. The summed E-state index contributed by atoms with van der Waals surface area (Å²) in [7, 11) is 0. The van der Waals surface area contributed by atoms with Crippen molar-refractivity contribution in [3.05, 3.63) is 34.9 Å². The Hall–Kier alpha value is -0.960. The number of rotatable bonds is 3. The molecule has 1 aromatic rings. The van der Waals surface area contributed by atoms with Gasteiger partial charge in [0.25, 0.3) is 0 Å². The van der Waals surface area contributed by atoms with Gasteiger partial charge in [0.05, 0.1) is 6.10 Å². The van der Waals surface area contributed by atoms with Gasteiger partial charge in [-0.1, -0.05) is 32.9 Å². The van der Waals surface area contributed by atoms with Gasteiger partial charge in [-0.15, -0.1) is 0 Å². The van der Waals surface area contributed by atoms with Crippen molar-refractivity contribution in [1.29, 1.82) is 0 Å². The van der Waals surface area contributed by atoms with Gasteiger partial charge in [-0.2, -0.15) is 0 Å². The Morgan fingerprint density at radius 3 is 2.12 bits per heavy atom. The lowest BCUT2D eigenvalue weighted by atomic mass is 9.87. The van der Waals surface area contributed by atoms with E-state index in [4.69, 9.17) is 0 Å². The monoisotopic (exact) mass is 228 g/mol. The molecule has 0 radical (unpaired) electrons. The van der Waals surface area contributed by atoms with Gasteiger partial charge in [0.15, 0.2) is 11.6 Å². The minimum atomic E-state index is -0.963. The van der Waals surface area contributed by atoms with Crippen LogP contribution in [0.2, 0.25) is 0 Å². The Kier molecular flexibility index (Phi) is 4.03. The third-order valence-electron chi connectivity index (χ3n) is 3.17. The largest absolute Gasteiger partial charge is 0.388 e. The van der Waals surface area contributed by atoms with Crippen molar-refractivity contribution in [2.75, 3.05) is 0 Å². The molecule has 1 nitrogen and oxygen atoms in total. The number of aliphatic hydroxyl groups excluding tert-OH is 1. The smallest absolute Gasteiger partial charge is 0.164 e. The lowest BCUT2D eigenvalue weighted by Crippen LogP contribution is -2.17. The topological polar surface area (TPSA) is 20.2 Å². The van der Waals surface area contributed by atoms with E-state index in [0.717, 1.165) is 0 Å². The van der Waals surface area contributed by atoms with Gasteiger partial charge >= 0.3 is 0 Å². The first kappa shape index (κ1) is 13.1. The highest BCUT2D eigenvalue weighted by molar-refractivity contribution is 5.27. The Balaban J connectivity index is 3.10. The number of halogens is 2. The van der Waals surface area contributed by atoms with E-state index in [-0.39, 0.29) is 23.0 Å². The Morgan fingerprint density at radius 2 is 1.62 bits per heavy atom. The van der Waals surface area contributed by atoms with Crippen LogP contribution in [0.3, 0.4) is 0 Å². The van der Waals surface area contributed by atoms with Gasteiger partial charge in [0.1, 0.15) is 0 Å². The summed E-state index contributed by atoms with van der Waals surface area (Å²) in [5.41, 5.74) is 0.301. The summed E-state index contributed by atoms with van der Waals surface area (Å²) in [5, 5.41) is 9.95. The van der Waals surface area contributed by atoms with Crippen LogP contribution in [0, 0.1) is 30.4 Å². The van der Waals surface area contributed by atoms with Gasteiger partial charge in [0.2, 0.25) is 0 Å². The molecule has 0 aliphatic rings. The molecule has 16 heavy (non-hydrogen) atoms. The fourth-order valence-electron chi connectivity index (χ4n) is 1.54. The van der Waals surface area contributed by atoms with Crippen LogP contribution in [-0.2, 0) is 0 Å². The second-order valence-electron chi connectivity index (χ2n) is 4.65. The molecular weight excluding hydrogens is 210 g/mol. The third kappa shape index (κ3) is 2.40. The van der Waals surface area contributed by atoms with Crippen molar-refractivity contribution < 1.29 is 13.9 Å². The Bertz CT molecular complexity index is 374. The molecule has 0 aromatic heterocycles. The van der Waals surface area contributed by atoms with Crippen molar-refractivity contribution in [3.63, 3.8) is 0 Å². The molecular formula is C13H18F2O. The van der Waals surface area contributed by atoms with Gasteiger partial charge in [-0.05, 0) is 24.3 Å². The number of aryl methyl sites for hydroxylation is 1. The molecule has 1 N–H and O–H groups in total. The van der Waals surface area contributed by atoms with Crippen LogP contribution in [0.5, 0.6) is 0 Å². The molecule has 0 bridgehead atoms. The second-order valence-corrected chi connectivity index (χ2v) is 4.65. The fraction of sp³-hybridized carbons (Fsp3) is 0.538. The van der Waals surface area contributed by atoms with E-state index in [1.165, 1.54) is 19.1 Å². The van der Waals surface area contributed by atoms with Crippen molar-refractivity contribution >= 4 is 0 Å². The lowest BCUT2D eigenvalue weighted by molar-refractivity contribution is 0.0879. The summed E-state index contributed by atoms with van der Waals surface area (Å²) < 4.78 is 26.9. The van der Waals surface area contributed by atoms with Crippen LogP contribution >= 0.6 is 0 Å². The van der Waals surface area contributed by atoms with Crippen LogP contribution in [-0.4, -0.2) is 5.11 Å². The SMILES string of the molecule is Cc1ccc(C(O)C(C)C(C)C)c(F)c1F. The predicted octanol–water partition coefficient (Wildman–Crippen LogP) is 3.60. The number of hydrogen-bond acceptors (Lipinski definition) is 1. The first-order valence-corrected chi connectivity index (χ1v) is 5.48. The quantitative estimate of drug-likeness (QED) is 0.838. The van der Waals surface area contributed by atoms with Crippen molar-refractivity contribution in [3.8, 4) is 0 Å². The van der Waals surface area contributed by atoms with Crippen LogP contribution < -0.4 is 0 Å². The van der Waals surface area contributed by atoms with Crippen LogP contribution in [0.1, 0.15) is 38.0 Å². The predicted molar refractivity (Wildman–Crippen MR) is 60.1 cm³/mol. The molecule has 1 aromatic carbocycles. The highest BCUT2D eigenvalue weighted by Crippen LogP contribution is 2.30. The van der Waals surface area contributed by atoms with Gasteiger partial charge in [0, 0.05) is 5.56 Å². The van der Waals surface area contributed by atoms with E-state index in [0.29, 0.717) is 0 Å². The van der Waals surface area contributed by atoms with Gasteiger partial charge in [-0.25, -0.2) is 8.78 Å². The Morgan fingerprint density at radius 1 is 1.06 bits per heavy atom. The maximum atomic E-state index is 13.6. The first-order chi connectivity index (χ1) is 7.36. The summed E-state index contributed by atoms with van der Waals surface area (Å²) in [6.07, 6.45) is -0.963. The number of aliphatic hydroxyl groups is 1. The molecule has 0 amide bonds. The highest BCUT2D eigenvalue weighted by atomic mass is 19.2. The number of hydrogen-bond donors (Lipinski definition) is 1. The molecule has 0 fully saturated rings. The van der Waals surface area contributed by atoms with E-state index in [1.807, 2.05) is 20.8 Å². The molecule has 2 atom stereocenters. The molecule has 0 spiro atoms. The second kappa shape index (κ2) is 4.91. The van der Waals surface area contributed by atoms with E-state index in [9.17, 15) is 13.9 Å². The minimum Gasteiger partial charge on any atom is -0.388 e. The first-order valence-electron chi connectivity index (χ1n) is 5.48. The molecule has 0 saturated heterocycles. The van der Waals surface area contributed by atoms with Crippen LogP contribution in [0.15, 0.2) is 12.1 Å². The maximum absolute atomic E-state index is 13.6. The molecule has 0 aliphatic heterocycles. The van der Waals surface area contributed by atoms with Crippen molar-refractivity contribution in [2.45, 2.75) is 33.8 Å². The Labute approximate surface area is 95.1 Å². The van der Waals surface area contributed by atoms with Crippen molar-refractivity contribution in [2.24, 2.45) is 11.8 Å². The van der Waals surface area contributed by atoms with Gasteiger partial charge in [-0.3, -0.25) is 0 Å². The van der Waals surface area contributed by atoms with E-state index in [2.05, 4.69) is 0 Å². The molecule has 90 valence electrons. The molecule has 0 heterocycles. The van der Waals surface area contributed by atoms with Crippen molar-refractivity contribution in [1.82, 2.24) is 0 Å². The third-order valence-corrected chi connectivity index (χ3v) is 3.17. The zero-order valence-electron chi connectivity index (χ0n) is 10.1. The summed E-state index contributed by atoms with van der Waals surface area (Å²) >= 11 is 0. The summed E-state index contributed by atoms with van der Waals surface area (Å²) in [4.78, 5) is 0. The maximum Gasteiger partial charge on any atom is 0.164 e. The molecule has 0 saturated carbocycles. The average Bonchev–Trinajstić information content (AvgIpc) is 2.24. The minimum absolute atomic E-state index is 0.0456. The van der Waals surface area contributed by atoms with E-state index in [1.54, 1.807) is 0 Å². The average molecular weight is 228 g/mol. The zero-order valence-corrected chi connectivity index (χ0v) is 10.1. The standard InChI is InChI=1S/C13H18F2O/c1-7(2)9(4)13(16)10-6-5-8(3)11(14)12(10)15/h5-7,9,13,16H,1-4H3. The van der Waals surface area contributed by atoms with Crippen LogP contribution in [0.25, 0.3) is 0 Å². The van der Waals surface area contributed by atoms with Gasteiger partial charge < -0.3 is 5.11 Å². The lowest BCUT2D eigenvalue weighted by Gasteiger charge is -2.23.